The molecule has 2 nitrogen and oxygen atoms in total. The molecule has 1 heterocycles. The summed E-state index contributed by atoms with van der Waals surface area (Å²) < 4.78 is 10.9. The van der Waals surface area contributed by atoms with E-state index in [0.717, 1.165) is 0 Å². The zero-order valence-electron chi connectivity index (χ0n) is 6.84. The van der Waals surface area contributed by atoms with Crippen LogP contribution in [0, 0.1) is 5.92 Å². The molecule has 0 N–H and O–H groups in total. The minimum Gasteiger partial charge on any atom is -0.344 e. The third kappa shape index (κ3) is 1.75. The minimum atomic E-state index is -0.568. The quantitative estimate of drug-likeness (QED) is 0.642. The van der Waals surface area contributed by atoms with Gasteiger partial charge in [0.2, 0.25) is 0 Å². The van der Waals surface area contributed by atoms with Gasteiger partial charge in [0.05, 0.1) is 13.2 Å². The van der Waals surface area contributed by atoms with E-state index in [4.69, 9.17) is 21.1 Å². The summed E-state index contributed by atoms with van der Waals surface area (Å²) >= 11 is 5.47. The molecule has 1 rings (SSSR count). The molecular formula is C8H13ClO2. The van der Waals surface area contributed by atoms with Gasteiger partial charge in [-0.15, -0.1) is 0 Å². The highest BCUT2D eigenvalue weighted by Crippen LogP contribution is 2.29. The summed E-state index contributed by atoms with van der Waals surface area (Å²) in [6.45, 7) is 5.39. The summed E-state index contributed by atoms with van der Waals surface area (Å²) in [5, 5.41) is 0. The molecule has 11 heavy (non-hydrogen) atoms. The van der Waals surface area contributed by atoms with Crippen molar-refractivity contribution >= 4 is 11.6 Å². The second kappa shape index (κ2) is 3.57. The van der Waals surface area contributed by atoms with Crippen molar-refractivity contribution in [3.8, 4) is 0 Å². The molecule has 0 aliphatic carbocycles. The molecule has 0 bridgehead atoms. The summed E-state index contributed by atoms with van der Waals surface area (Å²) in [7, 11) is 0. The first-order valence-electron chi connectivity index (χ1n) is 3.77. The van der Waals surface area contributed by atoms with Crippen LogP contribution in [0.25, 0.3) is 0 Å². The predicted octanol–water partition coefficient (Wildman–Crippen LogP) is 2.14. The Bertz CT molecular complexity index is 148. The fourth-order valence-corrected chi connectivity index (χ4v) is 1.33. The highest BCUT2D eigenvalue weighted by molar-refractivity contribution is 6.25. The van der Waals surface area contributed by atoms with E-state index in [-0.39, 0.29) is 0 Å². The standard InChI is InChI=1S/C8H13ClO2/c1-7(2)8(3-4-9)10-5-6-11-8/h3-4,7H,5-6H2,1-2H3/b4-3+. The predicted molar refractivity (Wildman–Crippen MR) is 44.5 cm³/mol. The van der Waals surface area contributed by atoms with Crippen molar-refractivity contribution in [2.75, 3.05) is 13.2 Å². The fraction of sp³-hybridized carbons (Fsp3) is 0.750. The molecule has 0 spiro atoms. The van der Waals surface area contributed by atoms with Crippen LogP contribution >= 0.6 is 11.6 Å². The molecule has 0 saturated carbocycles. The number of hydrogen-bond donors (Lipinski definition) is 0. The Hall–Kier alpha value is -0.0500. The third-order valence-corrected chi connectivity index (χ3v) is 1.96. The van der Waals surface area contributed by atoms with Crippen molar-refractivity contribution in [2.45, 2.75) is 19.6 Å². The molecule has 64 valence electrons. The maximum atomic E-state index is 5.47. The van der Waals surface area contributed by atoms with Crippen LogP contribution < -0.4 is 0 Å². The van der Waals surface area contributed by atoms with Crippen LogP contribution in [0.4, 0.5) is 0 Å². The Morgan fingerprint density at radius 1 is 1.36 bits per heavy atom. The maximum Gasteiger partial charge on any atom is 0.191 e. The van der Waals surface area contributed by atoms with E-state index in [1.807, 2.05) is 13.8 Å². The molecule has 0 aromatic rings. The van der Waals surface area contributed by atoms with E-state index in [1.165, 1.54) is 5.54 Å². The van der Waals surface area contributed by atoms with Crippen molar-refractivity contribution in [2.24, 2.45) is 5.92 Å². The fourth-order valence-electron chi connectivity index (χ4n) is 1.15. The lowest BCUT2D eigenvalue weighted by Crippen LogP contribution is -2.33. The topological polar surface area (TPSA) is 18.5 Å². The average molecular weight is 177 g/mol. The Labute approximate surface area is 72.1 Å². The molecule has 0 atom stereocenters. The van der Waals surface area contributed by atoms with Gasteiger partial charge in [-0.3, -0.25) is 0 Å². The minimum absolute atomic E-state index is 0.292. The van der Waals surface area contributed by atoms with Gasteiger partial charge in [-0.1, -0.05) is 25.4 Å². The Morgan fingerprint density at radius 2 is 1.91 bits per heavy atom. The summed E-state index contributed by atoms with van der Waals surface area (Å²) in [5.74, 6) is -0.276. The van der Waals surface area contributed by atoms with Gasteiger partial charge in [-0.25, -0.2) is 0 Å². The Morgan fingerprint density at radius 3 is 2.27 bits per heavy atom. The molecule has 1 fully saturated rings. The first kappa shape index (κ1) is 9.04. The van der Waals surface area contributed by atoms with Gasteiger partial charge < -0.3 is 9.47 Å². The van der Waals surface area contributed by atoms with E-state index in [9.17, 15) is 0 Å². The molecule has 1 aliphatic rings. The van der Waals surface area contributed by atoms with Crippen LogP contribution in [0.15, 0.2) is 11.6 Å². The molecule has 1 aliphatic heterocycles. The summed E-state index contributed by atoms with van der Waals surface area (Å²) in [5.41, 5.74) is 1.45. The lowest BCUT2D eigenvalue weighted by Gasteiger charge is -2.27. The normalized spacial score (nSPS) is 23.6. The van der Waals surface area contributed by atoms with Gasteiger partial charge in [0.1, 0.15) is 0 Å². The van der Waals surface area contributed by atoms with Crippen LogP contribution in [-0.2, 0) is 9.47 Å². The zero-order chi connectivity index (χ0) is 8.32. The molecule has 0 amide bonds. The van der Waals surface area contributed by atoms with Crippen molar-refractivity contribution in [3.05, 3.63) is 11.6 Å². The van der Waals surface area contributed by atoms with Gasteiger partial charge in [0.25, 0.3) is 0 Å². The molecule has 0 radical (unpaired) electrons. The van der Waals surface area contributed by atoms with Crippen LogP contribution in [0.3, 0.4) is 0 Å². The average Bonchev–Trinajstić information content (AvgIpc) is 2.38. The highest BCUT2D eigenvalue weighted by Gasteiger charge is 2.36. The second-order valence-electron chi connectivity index (χ2n) is 2.87. The van der Waals surface area contributed by atoms with E-state index < -0.39 is 5.79 Å². The van der Waals surface area contributed by atoms with Gasteiger partial charge in [-0.05, 0) is 6.08 Å². The molecule has 0 unspecified atom stereocenters. The molecular weight excluding hydrogens is 164 g/mol. The van der Waals surface area contributed by atoms with Crippen molar-refractivity contribution in [3.63, 3.8) is 0 Å². The maximum absolute atomic E-state index is 5.47. The van der Waals surface area contributed by atoms with E-state index in [0.29, 0.717) is 19.1 Å². The number of halogens is 1. The third-order valence-electron chi connectivity index (χ3n) is 1.84. The lowest BCUT2D eigenvalue weighted by atomic mass is 10.0. The van der Waals surface area contributed by atoms with Crippen LogP contribution in [-0.4, -0.2) is 19.0 Å². The van der Waals surface area contributed by atoms with Crippen LogP contribution in [0.1, 0.15) is 13.8 Å². The summed E-state index contributed by atoms with van der Waals surface area (Å²) in [6, 6.07) is 0. The van der Waals surface area contributed by atoms with Gasteiger partial charge >= 0.3 is 0 Å². The number of hydrogen-bond acceptors (Lipinski definition) is 2. The largest absolute Gasteiger partial charge is 0.344 e. The first-order chi connectivity index (χ1) is 5.21. The molecule has 0 aromatic carbocycles. The summed E-state index contributed by atoms with van der Waals surface area (Å²) in [4.78, 5) is 0. The van der Waals surface area contributed by atoms with E-state index in [1.54, 1.807) is 6.08 Å². The first-order valence-corrected chi connectivity index (χ1v) is 4.21. The Kier molecular flexibility index (Phi) is 2.93. The SMILES string of the molecule is CC(C)C1(/C=C/Cl)OCCO1. The number of ether oxygens (including phenoxy) is 2. The van der Waals surface area contributed by atoms with E-state index >= 15 is 0 Å². The Balaban J connectivity index is 2.70. The van der Waals surface area contributed by atoms with Crippen molar-refractivity contribution in [1.82, 2.24) is 0 Å². The highest BCUT2D eigenvalue weighted by atomic mass is 35.5. The van der Waals surface area contributed by atoms with E-state index in [2.05, 4.69) is 0 Å². The smallest absolute Gasteiger partial charge is 0.191 e. The monoisotopic (exact) mass is 176 g/mol. The molecule has 0 aromatic heterocycles. The van der Waals surface area contributed by atoms with Crippen LogP contribution in [0.5, 0.6) is 0 Å². The summed E-state index contributed by atoms with van der Waals surface area (Å²) in [6.07, 6.45) is 1.76. The lowest BCUT2D eigenvalue weighted by molar-refractivity contribution is -0.147. The van der Waals surface area contributed by atoms with Crippen LogP contribution in [0.2, 0.25) is 0 Å². The zero-order valence-corrected chi connectivity index (χ0v) is 7.60. The molecule has 3 heteroatoms. The number of rotatable bonds is 2. The van der Waals surface area contributed by atoms with Crippen molar-refractivity contribution < 1.29 is 9.47 Å². The van der Waals surface area contributed by atoms with Gasteiger partial charge in [0, 0.05) is 11.5 Å². The second-order valence-corrected chi connectivity index (χ2v) is 3.12. The van der Waals surface area contributed by atoms with Gasteiger partial charge in [0.15, 0.2) is 5.79 Å². The van der Waals surface area contributed by atoms with Gasteiger partial charge in [-0.2, -0.15) is 0 Å². The molecule has 1 saturated heterocycles. The van der Waals surface area contributed by atoms with Crippen molar-refractivity contribution in [1.29, 1.82) is 0 Å².